The summed E-state index contributed by atoms with van der Waals surface area (Å²) in [5.74, 6) is 0.597. The SMILES string of the molecule is Cn1cnc2cnc(NCc3ccc(C4CN(S(=O)(=O)N5CCCCC5)C4)cc3OC(F)F)cc21. The highest BCUT2D eigenvalue weighted by Crippen LogP contribution is 2.34. The van der Waals surface area contributed by atoms with Gasteiger partial charge in [0.2, 0.25) is 0 Å². The van der Waals surface area contributed by atoms with Crippen LogP contribution in [0.25, 0.3) is 11.0 Å². The van der Waals surface area contributed by atoms with Crippen LogP contribution in [-0.2, 0) is 23.8 Å². The Balaban J connectivity index is 1.27. The third kappa shape index (κ3) is 4.95. The standard InChI is InChI=1S/C23H28F2N6O3S/c1-29-15-28-19-12-27-22(10-20(19)29)26-11-17-6-5-16(9-21(17)34-23(24)25)18-13-31(14-18)35(32,33)30-7-3-2-4-8-30/h5-6,9-10,12,15,18,23H,2-4,7-8,11,13-14H2,1H3,(H,26,27). The van der Waals surface area contributed by atoms with E-state index in [1.807, 2.05) is 23.7 Å². The average Bonchev–Trinajstić information content (AvgIpc) is 3.18. The molecule has 9 nitrogen and oxygen atoms in total. The van der Waals surface area contributed by atoms with Gasteiger partial charge in [0.1, 0.15) is 17.1 Å². The Morgan fingerprint density at radius 3 is 2.63 bits per heavy atom. The molecule has 2 aliphatic heterocycles. The first-order valence-electron chi connectivity index (χ1n) is 11.6. The van der Waals surface area contributed by atoms with Crippen LogP contribution in [0, 0.1) is 0 Å². The van der Waals surface area contributed by atoms with E-state index < -0.39 is 16.8 Å². The van der Waals surface area contributed by atoms with Crippen LogP contribution in [0.15, 0.2) is 36.8 Å². The molecule has 0 bridgehead atoms. The zero-order chi connectivity index (χ0) is 24.6. The summed E-state index contributed by atoms with van der Waals surface area (Å²) in [6.07, 6.45) is 6.16. The van der Waals surface area contributed by atoms with E-state index in [1.54, 1.807) is 29.0 Å². The molecule has 1 N–H and O–H groups in total. The highest BCUT2D eigenvalue weighted by molar-refractivity contribution is 7.86. The van der Waals surface area contributed by atoms with Gasteiger partial charge in [-0.15, -0.1) is 0 Å². The van der Waals surface area contributed by atoms with Crippen molar-refractivity contribution in [2.24, 2.45) is 7.05 Å². The Hall–Kier alpha value is -2.83. The summed E-state index contributed by atoms with van der Waals surface area (Å²) in [5.41, 5.74) is 3.00. The van der Waals surface area contributed by atoms with Crippen molar-refractivity contribution in [3.8, 4) is 5.75 Å². The molecule has 2 fully saturated rings. The van der Waals surface area contributed by atoms with Crippen molar-refractivity contribution in [3.05, 3.63) is 47.9 Å². The lowest BCUT2D eigenvalue weighted by Crippen LogP contribution is -2.54. The second-order valence-electron chi connectivity index (χ2n) is 8.99. The van der Waals surface area contributed by atoms with Crippen LogP contribution >= 0.6 is 0 Å². The first-order valence-corrected chi connectivity index (χ1v) is 13.0. The normalized spacial score (nSPS) is 18.2. The summed E-state index contributed by atoms with van der Waals surface area (Å²) in [4.78, 5) is 8.56. The molecule has 0 aliphatic carbocycles. The van der Waals surface area contributed by atoms with Crippen LogP contribution in [-0.4, -0.2) is 64.4 Å². The average molecular weight is 507 g/mol. The lowest BCUT2D eigenvalue weighted by molar-refractivity contribution is -0.0504. The van der Waals surface area contributed by atoms with Gasteiger partial charge in [-0.1, -0.05) is 18.6 Å². The van der Waals surface area contributed by atoms with E-state index >= 15 is 0 Å². The van der Waals surface area contributed by atoms with Crippen molar-refractivity contribution < 1.29 is 21.9 Å². The molecule has 0 amide bonds. The number of piperidine rings is 1. The van der Waals surface area contributed by atoms with E-state index in [9.17, 15) is 17.2 Å². The van der Waals surface area contributed by atoms with Crippen LogP contribution < -0.4 is 10.1 Å². The summed E-state index contributed by atoms with van der Waals surface area (Å²) in [6, 6.07) is 7.03. The van der Waals surface area contributed by atoms with Gasteiger partial charge in [0.05, 0.1) is 18.0 Å². The van der Waals surface area contributed by atoms with Gasteiger partial charge >= 0.3 is 6.61 Å². The number of fused-ring (bicyclic) bond motifs is 1. The highest BCUT2D eigenvalue weighted by Gasteiger charge is 2.40. The van der Waals surface area contributed by atoms with Gasteiger partial charge in [-0.2, -0.15) is 25.8 Å². The van der Waals surface area contributed by atoms with Crippen LogP contribution in [0.2, 0.25) is 0 Å². The smallest absolute Gasteiger partial charge is 0.387 e. The number of pyridine rings is 1. The number of ether oxygens (including phenoxy) is 1. The molecule has 0 atom stereocenters. The second kappa shape index (κ2) is 9.67. The maximum absolute atomic E-state index is 13.1. The third-order valence-electron chi connectivity index (χ3n) is 6.67. The van der Waals surface area contributed by atoms with E-state index in [1.165, 1.54) is 4.31 Å². The fraction of sp³-hybridized carbons (Fsp3) is 0.478. The molecule has 4 heterocycles. The Bertz CT molecular complexity index is 1300. The highest BCUT2D eigenvalue weighted by atomic mass is 32.2. The molecule has 12 heteroatoms. The minimum absolute atomic E-state index is 0.0643. The molecule has 0 unspecified atom stereocenters. The predicted octanol–water partition coefficient (Wildman–Crippen LogP) is 3.31. The van der Waals surface area contributed by atoms with E-state index in [0.717, 1.165) is 35.9 Å². The number of nitrogens with zero attached hydrogens (tertiary/aromatic N) is 5. The number of anilines is 1. The summed E-state index contributed by atoms with van der Waals surface area (Å²) in [7, 11) is -1.58. The van der Waals surface area contributed by atoms with Crippen molar-refractivity contribution >= 4 is 27.1 Å². The quantitative estimate of drug-likeness (QED) is 0.504. The number of halogens is 2. The van der Waals surface area contributed by atoms with Crippen LogP contribution in [0.4, 0.5) is 14.6 Å². The fourth-order valence-electron chi connectivity index (χ4n) is 4.59. The van der Waals surface area contributed by atoms with Gasteiger partial charge in [0, 0.05) is 57.3 Å². The number of aryl methyl sites for hydroxylation is 1. The molecule has 2 aliphatic rings. The Morgan fingerprint density at radius 1 is 1.11 bits per heavy atom. The number of aromatic nitrogens is 3. The van der Waals surface area contributed by atoms with Gasteiger partial charge in [0.25, 0.3) is 10.2 Å². The number of benzene rings is 1. The van der Waals surface area contributed by atoms with Crippen LogP contribution in [0.3, 0.4) is 0 Å². The van der Waals surface area contributed by atoms with Crippen LogP contribution in [0.1, 0.15) is 36.3 Å². The van der Waals surface area contributed by atoms with E-state index in [-0.39, 0.29) is 18.2 Å². The molecular formula is C23H28F2N6O3S. The number of nitrogens with one attached hydrogen (secondary N) is 1. The van der Waals surface area contributed by atoms with Crippen molar-refractivity contribution in [1.82, 2.24) is 23.1 Å². The number of imidazole rings is 1. The molecule has 0 saturated carbocycles. The maximum atomic E-state index is 13.1. The maximum Gasteiger partial charge on any atom is 0.387 e. The predicted molar refractivity (Wildman–Crippen MR) is 128 cm³/mol. The molecule has 0 radical (unpaired) electrons. The number of alkyl halides is 2. The lowest BCUT2D eigenvalue weighted by Gasteiger charge is -2.42. The molecule has 0 spiro atoms. The first-order chi connectivity index (χ1) is 16.8. The monoisotopic (exact) mass is 506 g/mol. The molecule has 35 heavy (non-hydrogen) atoms. The zero-order valence-corrected chi connectivity index (χ0v) is 20.2. The summed E-state index contributed by atoms with van der Waals surface area (Å²) in [6.45, 7) is -0.956. The summed E-state index contributed by atoms with van der Waals surface area (Å²) >= 11 is 0. The molecule has 2 saturated heterocycles. The van der Waals surface area contributed by atoms with Crippen molar-refractivity contribution in [2.75, 3.05) is 31.5 Å². The van der Waals surface area contributed by atoms with E-state index in [2.05, 4.69) is 15.3 Å². The van der Waals surface area contributed by atoms with E-state index in [0.29, 0.717) is 37.6 Å². The molecule has 5 rings (SSSR count). The Morgan fingerprint density at radius 2 is 1.89 bits per heavy atom. The zero-order valence-electron chi connectivity index (χ0n) is 19.4. The van der Waals surface area contributed by atoms with Gasteiger partial charge in [-0.3, -0.25) is 0 Å². The van der Waals surface area contributed by atoms with Gasteiger partial charge in [-0.25, -0.2) is 9.97 Å². The molecular weight excluding hydrogens is 478 g/mol. The Labute approximate surface area is 202 Å². The Kier molecular flexibility index (Phi) is 6.60. The third-order valence-corrected chi connectivity index (χ3v) is 8.63. The van der Waals surface area contributed by atoms with Crippen molar-refractivity contribution in [3.63, 3.8) is 0 Å². The van der Waals surface area contributed by atoms with Gasteiger partial charge in [-0.05, 0) is 24.5 Å². The molecule has 188 valence electrons. The number of rotatable bonds is 8. The van der Waals surface area contributed by atoms with Crippen molar-refractivity contribution in [2.45, 2.75) is 38.3 Å². The number of hydrogen-bond acceptors (Lipinski definition) is 6. The largest absolute Gasteiger partial charge is 0.434 e. The van der Waals surface area contributed by atoms with Gasteiger partial charge in [0.15, 0.2) is 0 Å². The molecule has 2 aromatic heterocycles. The summed E-state index contributed by atoms with van der Waals surface area (Å²) < 4.78 is 61.6. The minimum Gasteiger partial charge on any atom is -0.434 e. The number of hydrogen-bond donors (Lipinski definition) is 1. The van der Waals surface area contributed by atoms with E-state index in [4.69, 9.17) is 4.74 Å². The first kappa shape index (κ1) is 23.9. The van der Waals surface area contributed by atoms with Crippen LogP contribution in [0.5, 0.6) is 5.75 Å². The topological polar surface area (TPSA) is 92.6 Å². The molecule has 3 aromatic rings. The second-order valence-corrected chi connectivity index (χ2v) is 10.9. The van der Waals surface area contributed by atoms with Crippen molar-refractivity contribution in [1.29, 1.82) is 0 Å². The lowest BCUT2D eigenvalue weighted by atomic mass is 9.92. The summed E-state index contributed by atoms with van der Waals surface area (Å²) in [5, 5.41) is 3.15. The molecule has 1 aromatic carbocycles. The fourth-order valence-corrected chi connectivity index (χ4v) is 6.37. The minimum atomic E-state index is -3.47. The van der Waals surface area contributed by atoms with Gasteiger partial charge < -0.3 is 14.6 Å².